The van der Waals surface area contributed by atoms with E-state index in [0.29, 0.717) is 5.56 Å². The largest absolute Gasteiger partial charge is 0.507 e. The van der Waals surface area contributed by atoms with Gasteiger partial charge in [-0.25, -0.2) is 0 Å². The normalized spacial score (nSPS) is 14.0. The minimum atomic E-state index is -0.905. The van der Waals surface area contributed by atoms with Crippen LogP contribution in [0.1, 0.15) is 16.2 Å². The van der Waals surface area contributed by atoms with Gasteiger partial charge in [0.05, 0.1) is 12.1 Å². The number of benzene rings is 1. The van der Waals surface area contributed by atoms with Gasteiger partial charge >= 0.3 is 0 Å². The van der Waals surface area contributed by atoms with Crippen LogP contribution in [0.3, 0.4) is 0 Å². The van der Waals surface area contributed by atoms with E-state index in [1.807, 2.05) is 12.1 Å². The molecule has 0 atom stereocenters. The van der Waals surface area contributed by atoms with Crippen molar-refractivity contribution >= 4 is 23.0 Å². The molecule has 106 valence electrons. The summed E-state index contributed by atoms with van der Waals surface area (Å²) < 4.78 is 0. The molecule has 0 bridgehead atoms. The van der Waals surface area contributed by atoms with Crippen LogP contribution in [0, 0.1) is 0 Å². The number of likely N-dealkylation sites (N-methyl/N-ethyl adjacent to an activating group) is 1. The number of aromatic nitrogens is 4. The van der Waals surface area contributed by atoms with Crippen LogP contribution < -0.4 is 4.90 Å². The lowest BCUT2D eigenvalue weighted by Gasteiger charge is -2.28. The third-order valence-corrected chi connectivity index (χ3v) is 3.28. The summed E-state index contributed by atoms with van der Waals surface area (Å²) in [6, 6.07) is 7.09. The molecular formula is C13H11N5O3. The molecule has 8 nitrogen and oxygen atoms in total. The molecule has 0 radical (unpaired) electrons. The molecule has 1 aromatic carbocycles. The number of para-hydroxylation sites is 1. The van der Waals surface area contributed by atoms with Gasteiger partial charge in [0.2, 0.25) is 11.6 Å². The van der Waals surface area contributed by atoms with E-state index in [0.717, 1.165) is 5.69 Å². The third kappa shape index (κ3) is 2.06. The van der Waals surface area contributed by atoms with Crippen LogP contribution in [0.2, 0.25) is 0 Å². The average Bonchev–Trinajstić information content (AvgIpc) is 3.04. The van der Waals surface area contributed by atoms with E-state index in [4.69, 9.17) is 0 Å². The number of fused-ring (bicyclic) bond motifs is 1. The van der Waals surface area contributed by atoms with Gasteiger partial charge in [0.1, 0.15) is 5.76 Å². The summed E-state index contributed by atoms with van der Waals surface area (Å²) in [5.41, 5.74) is 1.32. The van der Waals surface area contributed by atoms with Crippen molar-refractivity contribution < 1.29 is 14.7 Å². The molecule has 1 aliphatic rings. The molecule has 0 amide bonds. The molecule has 21 heavy (non-hydrogen) atoms. The van der Waals surface area contributed by atoms with E-state index < -0.39 is 11.6 Å². The smallest absolute Gasteiger partial charge is 0.274 e. The Balaban J connectivity index is 2.03. The van der Waals surface area contributed by atoms with E-state index in [2.05, 4.69) is 20.6 Å². The summed E-state index contributed by atoms with van der Waals surface area (Å²) in [4.78, 5) is 26.0. The van der Waals surface area contributed by atoms with Crippen LogP contribution in [0.4, 0.5) is 5.69 Å². The van der Waals surface area contributed by atoms with Gasteiger partial charge in [0.15, 0.2) is 0 Å². The number of aliphatic hydroxyl groups is 1. The predicted molar refractivity (Wildman–Crippen MR) is 72.8 cm³/mol. The first-order valence-electron chi connectivity index (χ1n) is 6.14. The van der Waals surface area contributed by atoms with Crippen LogP contribution >= 0.6 is 0 Å². The van der Waals surface area contributed by atoms with Gasteiger partial charge in [-0.05, 0) is 17.3 Å². The average molecular weight is 285 g/mol. The summed E-state index contributed by atoms with van der Waals surface area (Å²) in [6.45, 7) is 0.130. The van der Waals surface area contributed by atoms with Crippen LogP contribution in [0.15, 0.2) is 29.8 Å². The fraction of sp³-hybridized carbons (Fsp3) is 0.154. The number of nitrogens with one attached hydrogen (secondary N) is 1. The van der Waals surface area contributed by atoms with Gasteiger partial charge in [-0.3, -0.25) is 9.59 Å². The standard InChI is InChI=1S/C13H11N5O3/c1-18-6-8(10(19)7-4-2-3-5-9(7)18)11(20)12(21)13-14-16-17-15-13/h2-5,19H,6H2,1H3,(H,14,15,16,17). The van der Waals surface area contributed by atoms with E-state index in [1.54, 1.807) is 24.1 Å². The molecule has 2 aromatic rings. The van der Waals surface area contributed by atoms with Crippen molar-refractivity contribution in [3.8, 4) is 0 Å². The SMILES string of the molecule is CN1CC(C(=O)C(=O)c2nn[nH]n2)=C(O)c2ccccc21. The maximum atomic E-state index is 12.2. The topological polar surface area (TPSA) is 112 Å². The first-order chi connectivity index (χ1) is 10.1. The Labute approximate surface area is 119 Å². The van der Waals surface area contributed by atoms with Crippen molar-refractivity contribution in [3.05, 3.63) is 41.2 Å². The number of Topliss-reactive ketones (excluding diaryl/α,β-unsaturated/α-hetero) is 2. The summed E-state index contributed by atoms with van der Waals surface area (Å²) in [5, 5.41) is 22.6. The van der Waals surface area contributed by atoms with Crippen molar-refractivity contribution in [1.82, 2.24) is 20.6 Å². The van der Waals surface area contributed by atoms with Crippen molar-refractivity contribution in [1.29, 1.82) is 0 Å². The van der Waals surface area contributed by atoms with E-state index in [-0.39, 0.29) is 23.7 Å². The van der Waals surface area contributed by atoms with E-state index in [9.17, 15) is 14.7 Å². The molecular weight excluding hydrogens is 274 g/mol. The van der Waals surface area contributed by atoms with E-state index >= 15 is 0 Å². The number of H-pyrrole nitrogens is 1. The number of aliphatic hydroxyl groups excluding tert-OH is 1. The van der Waals surface area contributed by atoms with Crippen LogP contribution in [-0.4, -0.2) is 50.9 Å². The second kappa shape index (κ2) is 4.82. The second-order valence-electron chi connectivity index (χ2n) is 4.59. The number of hydrogen-bond acceptors (Lipinski definition) is 7. The van der Waals surface area contributed by atoms with Gasteiger partial charge in [-0.1, -0.05) is 12.1 Å². The Hall–Kier alpha value is -3.03. The molecule has 2 N–H and O–H groups in total. The molecule has 0 saturated heterocycles. The number of carbonyl (C=O) groups excluding carboxylic acids is 2. The fourth-order valence-electron chi connectivity index (χ4n) is 2.24. The Morgan fingerprint density at radius 2 is 2.05 bits per heavy atom. The highest BCUT2D eigenvalue weighted by Crippen LogP contribution is 2.32. The summed E-state index contributed by atoms with van der Waals surface area (Å²) in [5.74, 6) is -2.25. The number of carbonyl (C=O) groups is 2. The van der Waals surface area contributed by atoms with Gasteiger partial charge in [-0.2, -0.15) is 5.21 Å². The van der Waals surface area contributed by atoms with Crippen molar-refractivity contribution in [3.63, 3.8) is 0 Å². The molecule has 2 heterocycles. The summed E-state index contributed by atoms with van der Waals surface area (Å²) in [6.07, 6.45) is 0. The minimum Gasteiger partial charge on any atom is -0.507 e. The Kier molecular flexibility index (Phi) is 2.98. The first-order valence-corrected chi connectivity index (χ1v) is 6.14. The van der Waals surface area contributed by atoms with Gasteiger partial charge in [0.25, 0.3) is 5.78 Å². The minimum absolute atomic E-state index is 0.0194. The molecule has 3 rings (SSSR count). The summed E-state index contributed by atoms with van der Waals surface area (Å²) in [7, 11) is 1.78. The molecule has 0 unspecified atom stereocenters. The zero-order valence-corrected chi connectivity index (χ0v) is 11.1. The quantitative estimate of drug-likeness (QED) is 0.619. The monoisotopic (exact) mass is 285 g/mol. The van der Waals surface area contributed by atoms with Crippen LogP contribution in [0.5, 0.6) is 0 Å². The lowest BCUT2D eigenvalue weighted by molar-refractivity contribution is -0.111. The fourth-order valence-corrected chi connectivity index (χ4v) is 2.24. The maximum absolute atomic E-state index is 12.2. The molecule has 0 fully saturated rings. The van der Waals surface area contributed by atoms with Crippen molar-refractivity contribution in [2.24, 2.45) is 0 Å². The van der Waals surface area contributed by atoms with E-state index in [1.165, 1.54) is 0 Å². The molecule has 0 aliphatic carbocycles. The maximum Gasteiger partial charge on any atom is 0.274 e. The molecule has 0 spiro atoms. The highest BCUT2D eigenvalue weighted by atomic mass is 16.3. The lowest BCUT2D eigenvalue weighted by atomic mass is 9.96. The lowest BCUT2D eigenvalue weighted by Crippen LogP contribution is -2.32. The van der Waals surface area contributed by atoms with Crippen molar-refractivity contribution in [2.75, 3.05) is 18.5 Å². The molecule has 1 aliphatic heterocycles. The number of hydrogen-bond donors (Lipinski definition) is 2. The number of rotatable bonds is 3. The van der Waals surface area contributed by atoms with Crippen molar-refractivity contribution in [2.45, 2.75) is 0 Å². The zero-order chi connectivity index (χ0) is 15.0. The number of nitrogens with zero attached hydrogens (tertiary/aromatic N) is 4. The summed E-state index contributed by atoms with van der Waals surface area (Å²) >= 11 is 0. The van der Waals surface area contributed by atoms with Gasteiger partial charge in [-0.15, -0.1) is 10.2 Å². The highest BCUT2D eigenvalue weighted by molar-refractivity contribution is 6.49. The number of aromatic amines is 1. The number of tetrazole rings is 1. The van der Waals surface area contributed by atoms with Crippen LogP contribution in [-0.2, 0) is 4.79 Å². The first kappa shape index (κ1) is 13.0. The van der Waals surface area contributed by atoms with Crippen LogP contribution in [0.25, 0.3) is 5.76 Å². The highest BCUT2D eigenvalue weighted by Gasteiger charge is 2.31. The molecule has 0 saturated carbocycles. The predicted octanol–water partition coefficient (Wildman–Crippen LogP) is 0.371. The Morgan fingerprint density at radius 3 is 2.76 bits per heavy atom. The molecule has 8 heteroatoms. The molecule has 1 aromatic heterocycles. The third-order valence-electron chi connectivity index (χ3n) is 3.28. The Morgan fingerprint density at radius 1 is 1.29 bits per heavy atom. The van der Waals surface area contributed by atoms with Gasteiger partial charge < -0.3 is 10.0 Å². The number of ketones is 2. The second-order valence-corrected chi connectivity index (χ2v) is 4.59. The zero-order valence-electron chi connectivity index (χ0n) is 11.1. The van der Waals surface area contributed by atoms with Gasteiger partial charge in [0, 0.05) is 18.3 Å². The Bertz CT molecular complexity index is 751. The number of anilines is 1.